The SMILES string of the molecule is C.C.C.C.C.O.O.O=O.[H+].[H+]. The lowest BCUT2D eigenvalue weighted by Crippen LogP contribution is -0.674. The molecule has 0 aromatic rings. The minimum absolute atomic E-state index is 0. The van der Waals surface area contributed by atoms with Gasteiger partial charge in [-0.2, -0.15) is 0 Å². The molecule has 0 aromatic carbocycles. The van der Waals surface area contributed by atoms with Gasteiger partial charge in [0.15, 0.2) is 0 Å². The molecule has 0 rings (SSSR count). The highest BCUT2D eigenvalue weighted by molar-refractivity contribution is 4.07. The molecule has 0 unspecified atom stereocenters. The maximum atomic E-state index is 7.00. The summed E-state index contributed by atoms with van der Waals surface area (Å²) in [5.74, 6) is 0. The van der Waals surface area contributed by atoms with Crippen LogP contribution in [-0.2, 0) is 0 Å². The van der Waals surface area contributed by atoms with E-state index in [4.69, 9.17) is 9.93 Å². The van der Waals surface area contributed by atoms with Crippen molar-refractivity contribution in [3.8, 4) is 0 Å². The molecule has 0 fully saturated rings. The molecule has 0 atom stereocenters. The van der Waals surface area contributed by atoms with Crippen molar-refractivity contribution in [1.29, 1.82) is 0 Å². The summed E-state index contributed by atoms with van der Waals surface area (Å²) in [6.45, 7) is 0. The van der Waals surface area contributed by atoms with Crippen LogP contribution in [0.2, 0.25) is 0 Å². The second-order valence-corrected chi connectivity index (χ2v) is 0. The molecule has 0 saturated heterocycles. The van der Waals surface area contributed by atoms with E-state index >= 15 is 0 Å². The van der Waals surface area contributed by atoms with Crippen LogP contribution in [0.15, 0.2) is 0 Å². The Kier molecular flexibility index (Phi) is 275000. The Morgan fingerprint density at radius 3 is 0.556 bits per heavy atom. The molecule has 0 bridgehead atoms. The summed E-state index contributed by atoms with van der Waals surface area (Å²) in [6.07, 6.45) is 0. The molecule has 0 radical (unpaired) electrons. The zero-order chi connectivity index (χ0) is 2.00. The van der Waals surface area contributed by atoms with Crippen LogP contribution in [0.4, 0.5) is 0 Å². The highest BCUT2D eigenvalue weighted by Gasteiger charge is 0.707. The average molecular weight is 150 g/mol. The van der Waals surface area contributed by atoms with Gasteiger partial charge in [0.25, 0.3) is 0 Å². The Bertz CT molecular complexity index is 16.4. The lowest BCUT2D eigenvalue weighted by atomic mass is 12.0. The Morgan fingerprint density at radius 1 is 0.556 bits per heavy atom. The zero-order valence-electron chi connectivity index (χ0n) is 3.82. The summed E-state index contributed by atoms with van der Waals surface area (Å²) in [5, 5.41) is 0. The van der Waals surface area contributed by atoms with E-state index < -0.39 is 0 Å². The first-order valence-electron chi connectivity index (χ1n) is 0.167. The first kappa shape index (κ1) is 1780. The maximum Gasteiger partial charge on any atom is 1.00 e. The molecule has 0 aliphatic heterocycles. The van der Waals surface area contributed by atoms with Gasteiger partial charge in [0.2, 0.25) is 0 Å². The predicted octanol–water partition coefficient (Wildman–Crippen LogP) is 1.82. The highest BCUT2D eigenvalue weighted by atomic mass is 16.7. The fourth-order valence-corrected chi connectivity index (χ4v) is 0. The van der Waals surface area contributed by atoms with Crippen LogP contribution in [-0.4, -0.2) is 11.0 Å². The van der Waals surface area contributed by atoms with Gasteiger partial charge >= 0.3 is 2.85 Å². The number of rotatable bonds is 0. The van der Waals surface area contributed by atoms with Crippen molar-refractivity contribution in [2.24, 2.45) is 0 Å². The molecule has 9 heavy (non-hydrogen) atoms. The van der Waals surface area contributed by atoms with E-state index in [2.05, 4.69) is 0 Å². The van der Waals surface area contributed by atoms with Gasteiger partial charge in [-0.1, -0.05) is 37.1 Å². The highest BCUT2D eigenvalue weighted by Crippen LogP contribution is 0.741. The van der Waals surface area contributed by atoms with Gasteiger partial charge in [-0.25, -0.2) is 0 Å². The molecule has 4 nitrogen and oxygen atoms in total. The van der Waals surface area contributed by atoms with Crippen LogP contribution in [0.1, 0.15) is 40.0 Å². The van der Waals surface area contributed by atoms with E-state index in [0.29, 0.717) is 0 Å². The largest absolute Gasteiger partial charge is 1.00 e. The Morgan fingerprint density at radius 2 is 0.556 bits per heavy atom. The average Bonchev–Trinajstić information content (AvgIpc) is 1.00. The van der Waals surface area contributed by atoms with Crippen LogP contribution in [0.25, 0.3) is 0 Å². The van der Waals surface area contributed by atoms with Crippen molar-refractivity contribution in [2.45, 2.75) is 37.1 Å². The van der Waals surface area contributed by atoms with Crippen molar-refractivity contribution in [3.05, 3.63) is 9.93 Å². The van der Waals surface area contributed by atoms with Crippen molar-refractivity contribution in [3.63, 3.8) is 0 Å². The molecule has 0 amide bonds. The van der Waals surface area contributed by atoms with E-state index in [-0.39, 0.29) is 50.9 Å². The van der Waals surface area contributed by atoms with E-state index in [0.717, 1.165) is 0 Å². The Hall–Kier alpha value is -0.480. The third-order valence-corrected chi connectivity index (χ3v) is 0. The van der Waals surface area contributed by atoms with Gasteiger partial charge < -0.3 is 11.0 Å². The van der Waals surface area contributed by atoms with Crippen LogP contribution in [0, 0.1) is 9.93 Å². The molecular weight excluding hydrogens is 124 g/mol. The molecule has 0 aromatic heterocycles. The third kappa shape index (κ3) is 995. The monoisotopic (exact) mass is 150 g/mol. The maximum absolute atomic E-state index is 7.00. The van der Waals surface area contributed by atoms with Gasteiger partial charge in [-0.3, -0.25) is 0 Å². The van der Waals surface area contributed by atoms with Crippen LogP contribution >= 0.6 is 0 Å². The van der Waals surface area contributed by atoms with E-state index in [9.17, 15) is 0 Å². The smallest absolute Gasteiger partial charge is 0.412 e. The van der Waals surface area contributed by atoms with Crippen molar-refractivity contribution < 1.29 is 13.8 Å². The van der Waals surface area contributed by atoms with Crippen LogP contribution in [0.3, 0.4) is 0 Å². The van der Waals surface area contributed by atoms with Gasteiger partial charge in [-0.15, -0.1) is 0 Å². The molecule has 0 spiro atoms. The predicted molar refractivity (Wildman–Crippen MR) is 49.8 cm³/mol. The number of hydrogen-bond acceptors (Lipinski definition) is 2. The molecule has 0 saturated carbocycles. The van der Waals surface area contributed by atoms with Crippen molar-refractivity contribution in [2.75, 3.05) is 0 Å². The summed E-state index contributed by atoms with van der Waals surface area (Å²) in [5.41, 5.74) is 0. The summed E-state index contributed by atoms with van der Waals surface area (Å²) in [4.78, 5) is 14.0. The van der Waals surface area contributed by atoms with E-state index in [1.165, 1.54) is 0 Å². The molecule has 0 aliphatic carbocycles. The molecular formula is C5H26O4+2. The van der Waals surface area contributed by atoms with Crippen molar-refractivity contribution in [1.82, 2.24) is 0 Å². The fourth-order valence-electron chi connectivity index (χ4n) is 0. The molecule has 4 heteroatoms. The first-order valence-corrected chi connectivity index (χ1v) is 0.167. The van der Waals surface area contributed by atoms with E-state index in [1.807, 2.05) is 0 Å². The van der Waals surface area contributed by atoms with Crippen molar-refractivity contribution >= 4 is 0 Å². The summed E-state index contributed by atoms with van der Waals surface area (Å²) in [7, 11) is 0. The van der Waals surface area contributed by atoms with Gasteiger partial charge in [-0.05, 0) is 0 Å². The molecule has 0 heterocycles. The van der Waals surface area contributed by atoms with Gasteiger partial charge in [0.05, 0.1) is 0 Å². The first-order chi connectivity index (χ1) is 1.00. The number of hydrogen-bond donors (Lipinski definition) is 0. The lowest BCUT2D eigenvalue weighted by molar-refractivity contribution is 0.823. The second-order valence-electron chi connectivity index (χ2n) is 0. The van der Waals surface area contributed by atoms with Crippen LogP contribution < -0.4 is 0 Å². The standard InChI is InChI=1S/5CH4.O2.2H2O/c;;;;;1-2;;/h5*1H4;;2*1H2/p+2. The molecule has 0 aliphatic rings. The van der Waals surface area contributed by atoms with Gasteiger partial charge in [0, 0.05) is 9.93 Å². The fraction of sp³-hybridized carbons (Fsp3) is 1.00. The quantitative estimate of drug-likeness (QED) is 0.526. The zero-order valence-corrected chi connectivity index (χ0v) is 1.82. The van der Waals surface area contributed by atoms with Gasteiger partial charge in [0.1, 0.15) is 0 Å². The van der Waals surface area contributed by atoms with E-state index in [1.54, 1.807) is 0 Å². The minimum Gasteiger partial charge on any atom is -0.412 e. The Labute approximate surface area is 62.1 Å². The summed E-state index contributed by atoms with van der Waals surface area (Å²) in [6, 6.07) is 0. The Balaban J connectivity index is -0.000000000139. The summed E-state index contributed by atoms with van der Waals surface area (Å²) < 4.78 is 0. The molecule has 4 N–H and O–H groups in total. The topological polar surface area (TPSA) is 97.1 Å². The minimum atomic E-state index is 0. The molecule has 68 valence electrons. The summed E-state index contributed by atoms with van der Waals surface area (Å²) >= 11 is 0. The normalized spacial score (nSPS) is 0.444. The lowest BCUT2D eigenvalue weighted by Gasteiger charge is -0.707. The second kappa shape index (κ2) is 1390. The third-order valence-electron chi connectivity index (χ3n) is 0. The van der Waals surface area contributed by atoms with Crippen LogP contribution in [0.5, 0.6) is 0 Å².